The predicted octanol–water partition coefficient (Wildman–Crippen LogP) is -0.476. The van der Waals surface area contributed by atoms with Gasteiger partial charge in [-0.2, -0.15) is 0 Å². The maximum Gasteiger partial charge on any atom is 0.323 e. The third kappa shape index (κ3) is 1.94. The highest BCUT2D eigenvalue weighted by molar-refractivity contribution is 5.94. The molecule has 68 valence electrons. The second-order valence-electron chi connectivity index (χ2n) is 2.50. The maximum absolute atomic E-state index is 11.0. The predicted molar refractivity (Wildman–Crippen MR) is 42.9 cm³/mol. The number of carbonyl (C=O) groups is 1. The minimum Gasteiger partial charge on any atom is -0.468 e. The van der Waals surface area contributed by atoms with Crippen molar-refractivity contribution >= 4 is 11.7 Å². The van der Waals surface area contributed by atoms with Crippen molar-refractivity contribution in [2.75, 3.05) is 20.8 Å². The molecule has 1 unspecified atom stereocenters. The Hall–Kier alpha value is -1.10. The van der Waals surface area contributed by atoms with Crippen molar-refractivity contribution in [2.45, 2.75) is 12.5 Å². The van der Waals surface area contributed by atoms with Crippen LogP contribution in [0.3, 0.4) is 0 Å². The van der Waals surface area contributed by atoms with Gasteiger partial charge in [-0.15, -0.1) is 0 Å². The smallest absolute Gasteiger partial charge is 0.323 e. The van der Waals surface area contributed by atoms with Gasteiger partial charge >= 0.3 is 5.97 Å². The van der Waals surface area contributed by atoms with Gasteiger partial charge in [0.05, 0.1) is 12.8 Å². The van der Waals surface area contributed by atoms with Crippen molar-refractivity contribution in [3.63, 3.8) is 0 Å². The Bertz CT molecular complexity index is 203. The first-order chi connectivity index (χ1) is 5.77. The summed E-state index contributed by atoms with van der Waals surface area (Å²) in [5.41, 5.74) is 0.841. The molecule has 0 aromatic carbocycles. The summed E-state index contributed by atoms with van der Waals surface area (Å²) in [6.45, 7) is 0.591. The number of carbonyl (C=O) groups excluding carboxylic acids is 1. The number of hydrogen-bond acceptors (Lipinski definition) is 5. The Balaban J connectivity index is 2.45. The van der Waals surface area contributed by atoms with Crippen LogP contribution in [-0.4, -0.2) is 38.5 Å². The van der Waals surface area contributed by atoms with Gasteiger partial charge in [-0.05, 0) is 0 Å². The molecule has 0 aliphatic carbocycles. The van der Waals surface area contributed by atoms with E-state index in [0.29, 0.717) is 13.0 Å². The summed E-state index contributed by atoms with van der Waals surface area (Å²) in [7, 11) is 2.86. The number of ether oxygens (including phenoxy) is 1. The van der Waals surface area contributed by atoms with Crippen LogP contribution in [0.1, 0.15) is 6.42 Å². The van der Waals surface area contributed by atoms with Gasteiger partial charge in [-0.1, -0.05) is 5.16 Å². The summed E-state index contributed by atoms with van der Waals surface area (Å²) in [5.74, 6) is -0.253. The number of rotatable bonds is 2. The normalized spacial score (nSPS) is 25.8. The molecule has 1 rings (SSSR count). The molecule has 1 saturated heterocycles. The molecule has 5 heteroatoms. The molecule has 1 N–H and O–H groups in total. The van der Waals surface area contributed by atoms with Crippen molar-refractivity contribution in [2.24, 2.45) is 5.16 Å². The molecule has 1 atom stereocenters. The van der Waals surface area contributed by atoms with Crippen LogP contribution < -0.4 is 5.32 Å². The largest absolute Gasteiger partial charge is 0.468 e. The summed E-state index contributed by atoms with van der Waals surface area (Å²) < 4.78 is 4.56. The number of oxime groups is 1. The van der Waals surface area contributed by atoms with E-state index in [1.807, 2.05) is 0 Å². The highest BCUT2D eigenvalue weighted by Gasteiger charge is 2.27. The molecule has 1 aliphatic heterocycles. The SMILES string of the molecule is CON=C1CNC(C(=O)OC)C1. The highest BCUT2D eigenvalue weighted by atomic mass is 16.6. The monoisotopic (exact) mass is 172 g/mol. The molecule has 1 aliphatic rings. The average Bonchev–Trinajstić information content (AvgIpc) is 2.52. The number of nitrogens with zero attached hydrogens (tertiary/aromatic N) is 1. The lowest BCUT2D eigenvalue weighted by Gasteiger charge is -2.04. The van der Waals surface area contributed by atoms with Gasteiger partial charge in [0, 0.05) is 13.0 Å². The Kier molecular flexibility index (Phi) is 3.04. The number of hydrogen-bond donors (Lipinski definition) is 1. The van der Waals surface area contributed by atoms with Crippen LogP contribution in [-0.2, 0) is 14.4 Å². The molecule has 0 bridgehead atoms. The molecular weight excluding hydrogens is 160 g/mol. The van der Waals surface area contributed by atoms with Crippen molar-refractivity contribution in [3.8, 4) is 0 Å². The zero-order valence-corrected chi connectivity index (χ0v) is 7.16. The zero-order valence-electron chi connectivity index (χ0n) is 7.16. The van der Waals surface area contributed by atoms with Crippen LogP contribution in [0.4, 0.5) is 0 Å². The van der Waals surface area contributed by atoms with E-state index in [2.05, 4.69) is 20.0 Å². The molecule has 0 aromatic rings. The first kappa shape index (κ1) is 8.99. The lowest BCUT2D eigenvalue weighted by atomic mass is 10.2. The van der Waals surface area contributed by atoms with Crippen LogP contribution in [0.5, 0.6) is 0 Å². The Morgan fingerprint density at radius 2 is 2.42 bits per heavy atom. The van der Waals surface area contributed by atoms with Crippen LogP contribution in [0.25, 0.3) is 0 Å². The molecule has 0 radical (unpaired) electrons. The van der Waals surface area contributed by atoms with E-state index in [9.17, 15) is 4.79 Å². The van der Waals surface area contributed by atoms with Crippen LogP contribution in [0, 0.1) is 0 Å². The van der Waals surface area contributed by atoms with E-state index in [4.69, 9.17) is 0 Å². The summed E-state index contributed by atoms with van der Waals surface area (Å²) in [6.07, 6.45) is 0.570. The van der Waals surface area contributed by atoms with Gasteiger partial charge in [0.1, 0.15) is 13.2 Å². The minimum atomic E-state index is -0.260. The number of esters is 1. The highest BCUT2D eigenvalue weighted by Crippen LogP contribution is 2.04. The summed E-state index contributed by atoms with van der Waals surface area (Å²) in [5, 5.41) is 6.69. The topological polar surface area (TPSA) is 59.9 Å². The molecule has 1 heterocycles. The summed E-state index contributed by atoms with van der Waals surface area (Å²) in [6, 6.07) is -0.260. The zero-order chi connectivity index (χ0) is 8.97. The van der Waals surface area contributed by atoms with Gasteiger partial charge < -0.3 is 9.57 Å². The molecule has 1 fully saturated rings. The molecular formula is C7H12N2O3. The van der Waals surface area contributed by atoms with E-state index in [0.717, 1.165) is 5.71 Å². The summed E-state index contributed by atoms with van der Waals surface area (Å²) in [4.78, 5) is 15.6. The Labute approximate surface area is 70.7 Å². The van der Waals surface area contributed by atoms with Crippen molar-refractivity contribution in [1.29, 1.82) is 0 Å². The molecule has 0 amide bonds. The van der Waals surface area contributed by atoms with Gasteiger partial charge in [-0.25, -0.2) is 0 Å². The Morgan fingerprint density at radius 3 is 3.00 bits per heavy atom. The first-order valence-electron chi connectivity index (χ1n) is 3.68. The number of nitrogens with one attached hydrogen (secondary N) is 1. The fourth-order valence-electron chi connectivity index (χ4n) is 1.13. The van der Waals surface area contributed by atoms with Crippen molar-refractivity contribution in [1.82, 2.24) is 5.32 Å². The van der Waals surface area contributed by atoms with Crippen molar-refractivity contribution in [3.05, 3.63) is 0 Å². The third-order valence-electron chi connectivity index (χ3n) is 1.70. The van der Waals surface area contributed by atoms with Gasteiger partial charge in [0.15, 0.2) is 0 Å². The Morgan fingerprint density at radius 1 is 1.67 bits per heavy atom. The molecule has 5 nitrogen and oxygen atoms in total. The van der Waals surface area contributed by atoms with E-state index in [-0.39, 0.29) is 12.0 Å². The molecule has 0 saturated carbocycles. The first-order valence-corrected chi connectivity index (χ1v) is 3.68. The van der Waals surface area contributed by atoms with E-state index < -0.39 is 0 Å². The standard InChI is InChI=1S/C7H12N2O3/c1-11-7(10)6-3-5(4-8-6)9-12-2/h6,8H,3-4H2,1-2H3. The number of methoxy groups -OCH3 is 1. The maximum atomic E-state index is 11.0. The second kappa shape index (κ2) is 4.06. The molecule has 0 aromatic heterocycles. The fourth-order valence-corrected chi connectivity index (χ4v) is 1.13. The molecule has 12 heavy (non-hydrogen) atoms. The lowest BCUT2D eigenvalue weighted by molar-refractivity contribution is -0.142. The van der Waals surface area contributed by atoms with Crippen molar-refractivity contribution < 1.29 is 14.4 Å². The van der Waals surface area contributed by atoms with Crippen LogP contribution in [0.15, 0.2) is 5.16 Å². The van der Waals surface area contributed by atoms with E-state index in [1.54, 1.807) is 0 Å². The minimum absolute atomic E-state index is 0.253. The quantitative estimate of drug-likeness (QED) is 0.451. The van der Waals surface area contributed by atoms with Gasteiger partial charge in [-0.3, -0.25) is 10.1 Å². The average molecular weight is 172 g/mol. The van der Waals surface area contributed by atoms with Crippen LogP contribution >= 0.6 is 0 Å². The van der Waals surface area contributed by atoms with Gasteiger partial charge in [0.2, 0.25) is 0 Å². The lowest BCUT2D eigenvalue weighted by Crippen LogP contribution is -2.31. The van der Waals surface area contributed by atoms with E-state index >= 15 is 0 Å². The molecule has 0 spiro atoms. The van der Waals surface area contributed by atoms with Gasteiger partial charge in [0.25, 0.3) is 0 Å². The van der Waals surface area contributed by atoms with E-state index in [1.165, 1.54) is 14.2 Å². The fraction of sp³-hybridized carbons (Fsp3) is 0.714. The second-order valence-corrected chi connectivity index (χ2v) is 2.50. The third-order valence-corrected chi connectivity index (χ3v) is 1.70. The van der Waals surface area contributed by atoms with Crippen LogP contribution in [0.2, 0.25) is 0 Å². The summed E-state index contributed by atoms with van der Waals surface area (Å²) >= 11 is 0.